The standard InChI is InChI=1S/C48H69N11O11S3/c1-57(2)18-8-6-14-32-44(65)56-34(21-28-23-51-30-12-4-3-11-29(28)30)48(69)70-24-39(60)58-19-10-16-37(58)45(66)53-31(13-5-7-17-50-42(63)35-26-72-27-52-35)43(64)55-33(22-40(61)73-38(25-71)46(67)54-32)47(68)59-20-9-15-36(59)41(49)62/h3-4,11-12,23,31-38,51-52,71H,5-10,13-22,24-27H2,1-2H3,(H2,49,62)(H,50,63)(H,53,66)(H,54,67)(H,55,64)(H,56,65)/t31-,32-,33-,34-,35-,36-,37-,38-/m0/s1. The van der Waals surface area contributed by atoms with Gasteiger partial charge < -0.3 is 56.7 Å². The summed E-state index contributed by atoms with van der Waals surface area (Å²) in [6, 6.07) is -0.491. The summed E-state index contributed by atoms with van der Waals surface area (Å²) in [7, 11) is 3.80. The lowest BCUT2D eigenvalue weighted by molar-refractivity contribution is -0.155. The Kier molecular flexibility index (Phi) is 21.7. The molecule has 4 aliphatic heterocycles. The van der Waals surface area contributed by atoms with E-state index in [4.69, 9.17) is 10.5 Å². The van der Waals surface area contributed by atoms with Gasteiger partial charge in [-0.3, -0.25) is 48.5 Å². The molecular formula is C48H69N11O11S3. The highest BCUT2D eigenvalue weighted by Crippen LogP contribution is 2.25. The highest BCUT2D eigenvalue weighted by atomic mass is 32.2. The molecule has 6 rings (SSSR count). The number of ether oxygens (including phenoxy) is 1. The Bertz CT molecular complexity index is 2330. The van der Waals surface area contributed by atoms with E-state index in [9.17, 15) is 47.9 Å². The average molecular weight is 1070 g/mol. The number of H-pyrrole nitrogens is 1. The first-order valence-corrected chi connectivity index (χ1v) is 27.6. The Morgan fingerprint density at radius 2 is 1.55 bits per heavy atom. The van der Waals surface area contributed by atoms with Crippen LogP contribution in [0.15, 0.2) is 30.5 Å². The summed E-state index contributed by atoms with van der Waals surface area (Å²) in [4.78, 5) is 146. The van der Waals surface area contributed by atoms with Crippen LogP contribution in [0.2, 0.25) is 0 Å². The van der Waals surface area contributed by atoms with E-state index in [2.05, 4.69) is 49.5 Å². The minimum Gasteiger partial charge on any atom is -0.454 e. The van der Waals surface area contributed by atoms with Crippen molar-refractivity contribution in [3.05, 3.63) is 36.0 Å². The lowest BCUT2D eigenvalue weighted by atomic mass is 10.0. The lowest BCUT2D eigenvalue weighted by Crippen LogP contribution is -2.58. The monoisotopic (exact) mass is 1070 g/mol. The third-order valence-electron chi connectivity index (χ3n) is 13.4. The van der Waals surface area contributed by atoms with Gasteiger partial charge in [0.05, 0.1) is 11.3 Å². The number of amides is 8. The number of likely N-dealkylation sites (tertiary alicyclic amines) is 1. The van der Waals surface area contributed by atoms with Crippen LogP contribution in [0.4, 0.5) is 0 Å². The molecule has 73 heavy (non-hydrogen) atoms. The molecule has 22 nitrogen and oxygen atoms in total. The number of thiol groups is 1. The van der Waals surface area contributed by atoms with E-state index in [0.717, 1.165) is 10.9 Å². The molecule has 400 valence electrons. The van der Waals surface area contributed by atoms with Crippen LogP contribution < -0.4 is 37.6 Å². The molecule has 25 heteroatoms. The van der Waals surface area contributed by atoms with Crippen molar-refractivity contribution in [2.45, 2.75) is 125 Å². The van der Waals surface area contributed by atoms with Crippen LogP contribution in [0, 0.1) is 0 Å². The number of para-hydroxylation sites is 1. The summed E-state index contributed by atoms with van der Waals surface area (Å²) in [5.74, 6) is -5.21. The Balaban J connectivity index is 1.30. The number of cyclic esters (lactones) is 1. The van der Waals surface area contributed by atoms with Gasteiger partial charge >= 0.3 is 5.97 Å². The molecule has 1 aromatic carbocycles. The minimum absolute atomic E-state index is 0.0161. The van der Waals surface area contributed by atoms with Crippen LogP contribution in [-0.4, -0.2) is 190 Å². The van der Waals surface area contributed by atoms with E-state index in [1.165, 1.54) is 9.80 Å². The summed E-state index contributed by atoms with van der Waals surface area (Å²) in [6.45, 7) is 0.420. The average Bonchev–Trinajstić information content (AvgIpc) is 4.22. The molecule has 4 aliphatic rings. The second-order valence-corrected chi connectivity index (χ2v) is 21.6. The van der Waals surface area contributed by atoms with E-state index < -0.39 is 107 Å². The molecule has 0 bridgehead atoms. The van der Waals surface area contributed by atoms with Gasteiger partial charge in [-0.15, -0.1) is 11.8 Å². The number of aromatic amines is 1. The van der Waals surface area contributed by atoms with E-state index in [1.807, 2.05) is 43.3 Å². The van der Waals surface area contributed by atoms with Crippen LogP contribution in [-0.2, 0) is 59.1 Å². The molecular weight excluding hydrogens is 1000 g/mol. The van der Waals surface area contributed by atoms with Crippen molar-refractivity contribution >= 4 is 105 Å². The highest BCUT2D eigenvalue weighted by Gasteiger charge is 2.41. The quantitative estimate of drug-likeness (QED) is 0.0571. The predicted octanol–water partition coefficient (Wildman–Crippen LogP) is -0.697. The molecule has 4 fully saturated rings. The molecule has 5 heterocycles. The summed E-state index contributed by atoms with van der Waals surface area (Å²) in [5, 5.41) is 15.8. The van der Waals surface area contributed by atoms with Crippen molar-refractivity contribution in [3.63, 3.8) is 0 Å². The number of rotatable bonds is 16. The minimum atomic E-state index is -1.58. The maximum atomic E-state index is 14.5. The van der Waals surface area contributed by atoms with Gasteiger partial charge in [-0.25, -0.2) is 4.79 Å². The van der Waals surface area contributed by atoms with Crippen molar-refractivity contribution in [2.75, 3.05) is 64.3 Å². The predicted molar refractivity (Wildman–Crippen MR) is 278 cm³/mol. The number of nitrogens with zero attached hydrogens (tertiary/aromatic N) is 3. The summed E-state index contributed by atoms with van der Waals surface area (Å²) < 4.78 is 5.63. The Hall–Kier alpha value is -5.37. The fourth-order valence-corrected chi connectivity index (χ4v) is 11.6. The van der Waals surface area contributed by atoms with Gasteiger partial charge in [0.25, 0.3) is 5.91 Å². The van der Waals surface area contributed by atoms with E-state index >= 15 is 0 Å². The summed E-state index contributed by atoms with van der Waals surface area (Å²) >= 11 is 6.54. The molecule has 1 aromatic heterocycles. The number of unbranched alkanes of at least 4 members (excludes halogenated alkanes) is 2. The number of carbonyl (C=O) groups is 10. The number of nitrogens with two attached hydrogens (primary N) is 1. The largest absolute Gasteiger partial charge is 0.454 e. The Morgan fingerprint density at radius 1 is 0.849 bits per heavy atom. The number of carbonyl (C=O) groups excluding carboxylic acids is 10. The van der Waals surface area contributed by atoms with E-state index in [0.29, 0.717) is 74.0 Å². The van der Waals surface area contributed by atoms with Gasteiger partial charge in [0.2, 0.25) is 41.4 Å². The lowest BCUT2D eigenvalue weighted by Gasteiger charge is -2.30. The molecule has 0 aliphatic carbocycles. The van der Waals surface area contributed by atoms with Crippen molar-refractivity contribution in [3.8, 4) is 0 Å². The van der Waals surface area contributed by atoms with Gasteiger partial charge in [0.1, 0.15) is 36.3 Å². The Labute approximate surface area is 438 Å². The maximum absolute atomic E-state index is 14.5. The Morgan fingerprint density at radius 3 is 2.26 bits per heavy atom. The van der Waals surface area contributed by atoms with Crippen LogP contribution >= 0.6 is 36.2 Å². The number of esters is 1. The smallest absolute Gasteiger partial charge is 0.329 e. The topological polar surface area (TPSA) is 304 Å². The maximum Gasteiger partial charge on any atom is 0.329 e. The first-order valence-electron chi connectivity index (χ1n) is 24.9. The van der Waals surface area contributed by atoms with Crippen LogP contribution in [0.1, 0.15) is 76.2 Å². The van der Waals surface area contributed by atoms with Crippen molar-refractivity contribution in [1.82, 2.24) is 51.6 Å². The number of fused-ring (bicyclic) bond motifs is 2. The second kappa shape index (κ2) is 27.8. The number of hydrogen-bond acceptors (Lipinski definition) is 16. The van der Waals surface area contributed by atoms with E-state index in [1.54, 1.807) is 18.0 Å². The number of benzene rings is 1. The molecule has 0 radical (unpaired) electrons. The summed E-state index contributed by atoms with van der Waals surface area (Å²) in [6.07, 6.45) is 4.31. The van der Waals surface area contributed by atoms with Gasteiger partial charge in [-0.1, -0.05) is 30.0 Å². The summed E-state index contributed by atoms with van der Waals surface area (Å²) in [5.41, 5.74) is 7.12. The normalized spacial score (nSPS) is 26.3. The van der Waals surface area contributed by atoms with Crippen molar-refractivity contribution in [2.24, 2.45) is 5.73 Å². The van der Waals surface area contributed by atoms with Crippen LogP contribution in [0.3, 0.4) is 0 Å². The molecule has 0 saturated carbocycles. The third kappa shape index (κ3) is 16.1. The highest BCUT2D eigenvalue weighted by molar-refractivity contribution is 8.15. The fourth-order valence-electron chi connectivity index (χ4n) is 9.40. The SMILES string of the molecule is CN(C)CCCC[C@@H]1NC(=O)[C@H](CS)SC(=O)C[C@@H](C(=O)N2CCC[C@H]2C(N)=O)NC(=O)[C@H](CCCCNC(=O)[C@@H]2CSCN2)NC(=O)[C@@H]2CCCN2C(=O)COC(=O)[C@H](Cc2c[nH]c3ccccc23)NC1=O. The molecule has 2 aromatic rings. The zero-order chi connectivity index (χ0) is 52.6. The molecule has 4 saturated heterocycles. The zero-order valence-corrected chi connectivity index (χ0v) is 43.8. The van der Waals surface area contributed by atoms with Crippen LogP contribution in [0.25, 0.3) is 10.9 Å². The number of hydrogen-bond donors (Lipinski definition) is 9. The molecule has 0 unspecified atom stereocenters. The molecule has 0 spiro atoms. The zero-order valence-electron chi connectivity index (χ0n) is 41.3. The van der Waals surface area contributed by atoms with Gasteiger partial charge in [-0.05, 0) is 96.5 Å². The third-order valence-corrected chi connectivity index (χ3v) is 16.0. The molecule has 8 amide bonds. The molecule has 8 atom stereocenters. The van der Waals surface area contributed by atoms with Crippen molar-refractivity contribution < 1.29 is 52.7 Å². The number of nitrogens with one attached hydrogen (secondary N) is 7. The number of primary amides is 1. The van der Waals surface area contributed by atoms with Crippen molar-refractivity contribution in [1.29, 1.82) is 0 Å². The van der Waals surface area contributed by atoms with E-state index in [-0.39, 0.29) is 69.4 Å². The first kappa shape index (κ1) is 56.9. The second-order valence-electron chi connectivity index (χ2n) is 19.0. The number of aromatic nitrogens is 1. The van der Waals surface area contributed by atoms with Gasteiger partial charge in [0, 0.05) is 67.0 Å². The first-order chi connectivity index (χ1) is 35.0. The number of thioether (sulfide) groups is 2. The van der Waals surface area contributed by atoms with Gasteiger partial charge in [0.15, 0.2) is 11.7 Å². The van der Waals surface area contributed by atoms with Gasteiger partial charge in [-0.2, -0.15) is 12.6 Å². The molecule has 9 N–H and O–H groups in total. The van der Waals surface area contributed by atoms with Crippen LogP contribution in [0.5, 0.6) is 0 Å². The fraction of sp³-hybridized carbons (Fsp3) is 0.625.